The Labute approximate surface area is 856 Å². The molecule has 18 heteroatoms. The number of aromatic nitrogens is 5. The Morgan fingerprint density at radius 1 is 0.308 bits per heavy atom. The molecule has 0 bridgehead atoms. The average molecular weight is 2660 g/mol. The molecule has 0 spiro atoms. The van der Waals surface area contributed by atoms with Gasteiger partial charge < -0.3 is 25.4 Å². The third-order valence-electron chi connectivity index (χ3n) is 18.6. The first-order chi connectivity index (χ1) is 60.9. The number of carbonyl (C=O) groups excluding carboxylic acids is 4. The second-order valence-electron chi connectivity index (χ2n) is 33.6. The summed E-state index contributed by atoms with van der Waals surface area (Å²) in [7, 11) is 0. The van der Waals surface area contributed by atoms with Gasteiger partial charge in [0.25, 0.3) is 0 Å². The third kappa shape index (κ3) is 43.9. The van der Waals surface area contributed by atoms with Crippen LogP contribution in [0.2, 0.25) is 0 Å². The van der Waals surface area contributed by atoms with E-state index in [1.54, 1.807) is 0 Å². The molecule has 0 saturated heterocycles. The van der Waals surface area contributed by atoms with Gasteiger partial charge in [-0.25, -0.2) is 0 Å². The molecular formula is C115H122Ir5N5O8-5. The SMILES string of the molecule is CC(=O)C=C(C)O.CC(=O)C=C(C)O.CC(=O)C=C(C)O.CC(=O)C=C(C)O.CC(C)Cc1[c-]c(-c2ccc3ccccc3n2)cc(CC(C)C)c1.CC(C)Cc1cc[c-]c(-c2ccc3ccccc3n2)c1.Cc1[c-]c(-c2ccc3ccc(CC(C)C)cc3n2)cc(C)c1.Cc1[c-]c(-c2ccc3ccccc3n2)cc(C)c1.[Ir].[Ir].[Ir].[Ir].[Ir].[c-]1ccccc1-c1nccc2ccccc12. The largest absolute Gasteiger partial charge is 0.512 e. The first-order valence-corrected chi connectivity index (χ1v) is 43.3. The number of ketones is 4. The number of pyridine rings is 5. The van der Waals surface area contributed by atoms with Gasteiger partial charge >= 0.3 is 0 Å². The topological polar surface area (TPSA) is 214 Å². The molecule has 15 rings (SSSR count). The Balaban J connectivity index is 0.000000522. The van der Waals surface area contributed by atoms with Gasteiger partial charge in [-0.15, -0.1) is 176 Å². The molecule has 705 valence electrons. The van der Waals surface area contributed by atoms with E-state index in [0.717, 1.165) is 115 Å². The van der Waals surface area contributed by atoms with Gasteiger partial charge in [-0.1, -0.05) is 223 Å². The van der Waals surface area contributed by atoms with Gasteiger partial charge in [0.2, 0.25) is 0 Å². The molecule has 133 heavy (non-hydrogen) atoms. The van der Waals surface area contributed by atoms with Gasteiger partial charge in [0.15, 0.2) is 23.1 Å². The van der Waals surface area contributed by atoms with E-state index < -0.39 is 0 Å². The first-order valence-electron chi connectivity index (χ1n) is 43.3. The fourth-order valence-electron chi connectivity index (χ4n) is 13.9. The van der Waals surface area contributed by atoms with Crippen molar-refractivity contribution in [3.63, 3.8) is 0 Å². The van der Waals surface area contributed by atoms with E-state index in [9.17, 15) is 19.2 Å². The molecule has 0 aliphatic rings. The summed E-state index contributed by atoms with van der Waals surface area (Å²) >= 11 is 0. The Kier molecular flexibility index (Phi) is 54.5. The van der Waals surface area contributed by atoms with E-state index in [2.05, 4.69) is 282 Å². The van der Waals surface area contributed by atoms with Crippen molar-refractivity contribution in [2.24, 2.45) is 23.7 Å². The molecule has 0 amide bonds. The van der Waals surface area contributed by atoms with Gasteiger partial charge in [0.1, 0.15) is 0 Å². The molecule has 0 atom stereocenters. The van der Waals surface area contributed by atoms with E-state index in [0.29, 0.717) is 23.7 Å². The van der Waals surface area contributed by atoms with Crippen molar-refractivity contribution >= 4 is 77.5 Å². The van der Waals surface area contributed by atoms with Gasteiger partial charge in [-0.3, -0.25) is 39.1 Å². The number of aryl methyl sites for hydroxylation is 4. The second-order valence-corrected chi connectivity index (χ2v) is 33.6. The number of benzene rings is 10. The predicted octanol–water partition coefficient (Wildman–Crippen LogP) is 28.7. The molecule has 15 aromatic rings. The number of aliphatic hydroxyl groups is 4. The predicted molar refractivity (Wildman–Crippen MR) is 531 cm³/mol. The minimum absolute atomic E-state index is 0. The Hall–Kier alpha value is -10.7. The van der Waals surface area contributed by atoms with Gasteiger partial charge in [0, 0.05) is 131 Å². The Morgan fingerprint density at radius 2 is 0.647 bits per heavy atom. The van der Waals surface area contributed by atoms with Crippen LogP contribution in [-0.2, 0) is 145 Å². The smallest absolute Gasteiger partial charge is 0.155 e. The van der Waals surface area contributed by atoms with Crippen molar-refractivity contribution in [2.45, 2.75) is 164 Å². The summed E-state index contributed by atoms with van der Waals surface area (Å²) < 4.78 is 0. The zero-order chi connectivity index (χ0) is 93.5. The average Bonchev–Trinajstić information content (AvgIpc) is 0.807. The van der Waals surface area contributed by atoms with Gasteiger partial charge in [-0.2, -0.15) is 0 Å². The molecular weight excluding hydrogens is 2540 g/mol. The number of aliphatic hydroxyl groups excluding tert-OH is 4. The number of carbonyl (C=O) groups is 4. The van der Waals surface area contributed by atoms with Crippen LogP contribution in [0, 0.1) is 81.7 Å². The number of rotatable bonds is 17. The third-order valence-corrected chi connectivity index (χ3v) is 18.6. The van der Waals surface area contributed by atoms with Crippen molar-refractivity contribution < 1.29 is 140 Å². The Bertz CT molecular complexity index is 6160. The van der Waals surface area contributed by atoms with Crippen molar-refractivity contribution in [1.82, 2.24) is 24.9 Å². The molecule has 0 aliphatic carbocycles. The summed E-state index contributed by atoms with van der Waals surface area (Å²) in [5.41, 5.74) is 24.8. The second kappa shape index (κ2) is 61.3. The maximum absolute atomic E-state index is 10.0. The number of para-hydroxylation sites is 3. The number of hydrogen-bond acceptors (Lipinski definition) is 13. The van der Waals surface area contributed by atoms with E-state index in [1.165, 1.54) is 145 Å². The summed E-state index contributed by atoms with van der Waals surface area (Å²) in [6.07, 6.45) is 10.9. The molecule has 4 N–H and O–H groups in total. The summed E-state index contributed by atoms with van der Waals surface area (Å²) in [5, 5.41) is 40.6. The van der Waals surface area contributed by atoms with Crippen LogP contribution in [0.1, 0.15) is 155 Å². The van der Waals surface area contributed by atoms with Crippen molar-refractivity contribution in [3.05, 3.63) is 377 Å². The molecule has 5 heterocycles. The zero-order valence-corrected chi connectivity index (χ0v) is 91.5. The maximum Gasteiger partial charge on any atom is 0.155 e. The number of nitrogens with zero attached hydrogens (tertiary/aromatic N) is 5. The quantitative estimate of drug-likeness (QED) is 0.0380. The van der Waals surface area contributed by atoms with Crippen LogP contribution in [0.15, 0.2) is 302 Å². The number of allylic oxidation sites excluding steroid dienone is 8. The Morgan fingerprint density at radius 3 is 1.03 bits per heavy atom. The van der Waals surface area contributed by atoms with Crippen LogP contribution < -0.4 is 0 Å². The van der Waals surface area contributed by atoms with Crippen LogP contribution in [0.3, 0.4) is 0 Å². The molecule has 0 aliphatic heterocycles. The fourth-order valence-corrected chi connectivity index (χ4v) is 13.9. The van der Waals surface area contributed by atoms with Crippen LogP contribution in [0.25, 0.3) is 111 Å². The normalized spacial score (nSPS) is 10.8. The van der Waals surface area contributed by atoms with E-state index in [4.69, 9.17) is 40.4 Å². The van der Waals surface area contributed by atoms with Gasteiger partial charge in [0.05, 0.1) is 45.1 Å². The summed E-state index contributed by atoms with van der Waals surface area (Å²) in [5.74, 6) is 2.35. The molecule has 0 saturated carbocycles. The molecule has 0 unspecified atom stereocenters. The molecule has 5 radical (unpaired) electrons. The van der Waals surface area contributed by atoms with Crippen LogP contribution >= 0.6 is 0 Å². The minimum Gasteiger partial charge on any atom is -0.512 e. The van der Waals surface area contributed by atoms with Crippen molar-refractivity contribution in [2.75, 3.05) is 0 Å². The van der Waals surface area contributed by atoms with Crippen molar-refractivity contribution in [3.8, 4) is 56.3 Å². The standard InChI is InChI=1S/C23H26N.C21H22N.C19H18N.C17H14N.C15H10N.4C5H8O2.5Ir/c1-16(2)11-18-13-19(12-17(3)4)15-21(14-18)23-10-9-20-7-5-6-8-22(20)24-23;1-14(2)9-17-5-6-18-7-8-20(22-21(18)13-17)19-11-15(3)10-16(4)12-19;1-14(2)12-15-6-5-8-17(13-15)19-11-10-16-7-3-4-9-18(16)20-19;1-12-9-13(2)11-15(10-12)17-8-7-14-5-3-4-6-16(14)18-17;1-2-7-13(8-3-1)15-14-9-5-4-6-12(14)10-11-16-15;4*1-4(6)3-5(2)7;;;;;/h5-10,13-14,16-17H,11-12H2,1-4H3;5-8,10-11,13-14H,9H2,1-4H3;3-7,9-11,13-14H,12H2,1-2H3;3-10H,1-2H3;1-7,9-11H;4*3,6H,1-2H3;;;;;/q5*-1;;;;;;;;;. The monoisotopic (exact) mass is 2670 g/mol. The molecule has 0 fully saturated rings. The van der Waals surface area contributed by atoms with E-state index in [1.807, 2.05) is 91.1 Å². The molecule has 5 aromatic heterocycles. The maximum atomic E-state index is 10.0. The van der Waals surface area contributed by atoms with Crippen molar-refractivity contribution in [1.29, 1.82) is 0 Å². The van der Waals surface area contributed by atoms with Crippen LogP contribution in [0.5, 0.6) is 0 Å². The first kappa shape index (κ1) is 118. The number of hydrogen-bond donors (Lipinski definition) is 4. The summed E-state index contributed by atoms with van der Waals surface area (Å²) in [6.45, 7) is 37.8. The summed E-state index contributed by atoms with van der Waals surface area (Å²) in [4.78, 5) is 63.7. The van der Waals surface area contributed by atoms with E-state index in [-0.39, 0.29) is 147 Å². The van der Waals surface area contributed by atoms with Crippen LogP contribution in [0.4, 0.5) is 0 Å². The fraction of sp³-hybridized carbons (Fsp3) is 0.243. The summed E-state index contributed by atoms with van der Waals surface area (Å²) in [6, 6.07) is 103. The zero-order valence-electron chi connectivity index (χ0n) is 79.5. The number of fused-ring (bicyclic) bond motifs is 5. The minimum atomic E-state index is -0.125. The van der Waals surface area contributed by atoms with Crippen LogP contribution in [-0.4, -0.2) is 68.5 Å². The molecule has 10 aromatic carbocycles. The van der Waals surface area contributed by atoms with Gasteiger partial charge in [-0.05, 0) is 201 Å². The molecule has 13 nitrogen and oxygen atoms in total. The van der Waals surface area contributed by atoms with E-state index >= 15 is 0 Å².